The molecule has 4 rings (SSSR count). The maximum atomic E-state index is 13.7. The van der Waals surface area contributed by atoms with Gasteiger partial charge in [0.15, 0.2) is 11.6 Å². The summed E-state index contributed by atoms with van der Waals surface area (Å²) in [6.07, 6.45) is -1.21. The number of para-hydroxylation sites is 1. The summed E-state index contributed by atoms with van der Waals surface area (Å²) in [5.74, 6) is -3.66. The molecule has 26 heavy (non-hydrogen) atoms. The summed E-state index contributed by atoms with van der Waals surface area (Å²) >= 11 is 0. The van der Waals surface area contributed by atoms with E-state index in [9.17, 15) is 18.4 Å². The fourth-order valence-corrected chi connectivity index (χ4v) is 3.23. The van der Waals surface area contributed by atoms with Crippen molar-refractivity contribution in [1.82, 2.24) is 0 Å². The molecule has 1 aliphatic rings. The van der Waals surface area contributed by atoms with Gasteiger partial charge in [-0.25, -0.2) is 18.4 Å². The first kappa shape index (κ1) is 16.3. The Balaban J connectivity index is 1.99. The minimum Gasteiger partial charge on any atom is -0.476 e. The first-order valence-corrected chi connectivity index (χ1v) is 7.76. The normalized spacial score (nSPS) is 18.4. The first-order chi connectivity index (χ1) is 12.5. The van der Waals surface area contributed by atoms with Crippen molar-refractivity contribution in [3.8, 4) is 5.75 Å². The van der Waals surface area contributed by atoms with Crippen molar-refractivity contribution in [3.05, 3.63) is 75.6 Å². The number of carbonyl (C=O) groups excluding carboxylic acids is 1. The van der Waals surface area contributed by atoms with Crippen LogP contribution in [0, 0.1) is 11.6 Å². The molecule has 0 amide bonds. The van der Waals surface area contributed by atoms with Crippen molar-refractivity contribution >= 4 is 16.9 Å². The molecule has 1 aliphatic heterocycles. The molecule has 0 radical (unpaired) electrons. The molecule has 2 unspecified atom stereocenters. The van der Waals surface area contributed by atoms with Crippen LogP contribution in [0.2, 0.25) is 0 Å². The van der Waals surface area contributed by atoms with Gasteiger partial charge >= 0.3 is 11.6 Å². The third-order valence-corrected chi connectivity index (χ3v) is 4.39. The molecule has 0 aliphatic carbocycles. The van der Waals surface area contributed by atoms with Crippen LogP contribution in [-0.4, -0.2) is 19.2 Å². The van der Waals surface area contributed by atoms with E-state index in [0.717, 1.165) is 12.1 Å². The Labute approximate surface area is 145 Å². The van der Waals surface area contributed by atoms with Crippen LogP contribution in [0.25, 0.3) is 11.0 Å². The van der Waals surface area contributed by atoms with E-state index >= 15 is 0 Å². The Morgan fingerprint density at radius 1 is 1.12 bits per heavy atom. The van der Waals surface area contributed by atoms with Crippen molar-refractivity contribution < 1.29 is 27.5 Å². The van der Waals surface area contributed by atoms with Crippen molar-refractivity contribution in [3.63, 3.8) is 0 Å². The first-order valence-electron chi connectivity index (χ1n) is 7.76. The van der Waals surface area contributed by atoms with Crippen LogP contribution in [0.3, 0.4) is 0 Å². The van der Waals surface area contributed by atoms with Gasteiger partial charge in [0.25, 0.3) is 0 Å². The van der Waals surface area contributed by atoms with Crippen molar-refractivity contribution in [2.45, 2.75) is 12.0 Å². The summed E-state index contributed by atoms with van der Waals surface area (Å²) in [5, 5.41) is 0.501. The van der Waals surface area contributed by atoms with E-state index in [1.54, 1.807) is 24.3 Å². The minimum absolute atomic E-state index is 0.0742. The minimum atomic E-state index is -1.21. The zero-order valence-corrected chi connectivity index (χ0v) is 13.5. The van der Waals surface area contributed by atoms with E-state index in [2.05, 4.69) is 0 Å². The van der Waals surface area contributed by atoms with Crippen molar-refractivity contribution in [2.75, 3.05) is 7.11 Å². The average molecular weight is 358 g/mol. The number of methoxy groups -OCH3 is 1. The van der Waals surface area contributed by atoms with E-state index in [-0.39, 0.29) is 16.9 Å². The lowest BCUT2D eigenvalue weighted by molar-refractivity contribution is -0.148. The number of hydrogen-bond donors (Lipinski definition) is 0. The highest BCUT2D eigenvalue weighted by molar-refractivity contribution is 5.88. The second-order valence-electron chi connectivity index (χ2n) is 5.84. The molecule has 0 saturated heterocycles. The fraction of sp³-hybridized carbons (Fsp3) is 0.158. The van der Waals surface area contributed by atoms with Gasteiger partial charge in [0.05, 0.1) is 24.0 Å². The summed E-state index contributed by atoms with van der Waals surface area (Å²) < 4.78 is 42.9. The maximum absolute atomic E-state index is 13.7. The smallest absolute Gasteiger partial charge is 0.348 e. The number of carbonyl (C=O) groups is 1. The molecule has 0 bridgehead atoms. The van der Waals surface area contributed by atoms with Gasteiger partial charge in [-0.3, -0.25) is 0 Å². The van der Waals surface area contributed by atoms with Gasteiger partial charge in [-0.05, 0) is 29.8 Å². The summed E-state index contributed by atoms with van der Waals surface area (Å²) in [6.45, 7) is 0. The van der Waals surface area contributed by atoms with Crippen LogP contribution in [-0.2, 0) is 9.53 Å². The molecule has 3 aromatic rings. The van der Waals surface area contributed by atoms with Crippen molar-refractivity contribution in [1.29, 1.82) is 0 Å². The molecule has 0 N–H and O–H groups in total. The topological polar surface area (TPSA) is 65.7 Å². The Morgan fingerprint density at radius 3 is 2.62 bits per heavy atom. The zero-order valence-electron chi connectivity index (χ0n) is 13.5. The number of halogens is 2. The monoisotopic (exact) mass is 358 g/mol. The van der Waals surface area contributed by atoms with Crippen LogP contribution >= 0.6 is 0 Å². The predicted molar refractivity (Wildman–Crippen MR) is 87.1 cm³/mol. The molecule has 7 heteroatoms. The molecule has 2 atom stereocenters. The molecular formula is C19H12F2O5. The predicted octanol–water partition coefficient (Wildman–Crippen LogP) is 3.14. The summed E-state index contributed by atoms with van der Waals surface area (Å²) in [4.78, 5) is 24.8. The molecule has 0 fully saturated rings. The molecule has 2 aromatic carbocycles. The molecule has 2 heterocycles. The van der Waals surface area contributed by atoms with Crippen LogP contribution in [0.1, 0.15) is 17.0 Å². The zero-order chi connectivity index (χ0) is 18.4. The van der Waals surface area contributed by atoms with Crippen LogP contribution in [0.4, 0.5) is 8.78 Å². The molecule has 1 aromatic heterocycles. The summed E-state index contributed by atoms with van der Waals surface area (Å²) in [6, 6.07) is 9.85. The largest absolute Gasteiger partial charge is 0.476 e. The van der Waals surface area contributed by atoms with Gasteiger partial charge in [0.1, 0.15) is 11.3 Å². The third-order valence-electron chi connectivity index (χ3n) is 4.39. The van der Waals surface area contributed by atoms with Gasteiger partial charge in [-0.2, -0.15) is 0 Å². The number of rotatable bonds is 2. The lowest BCUT2D eigenvalue weighted by atomic mass is 9.88. The number of ether oxygens (including phenoxy) is 2. The quantitative estimate of drug-likeness (QED) is 0.520. The number of hydrogen-bond acceptors (Lipinski definition) is 5. The number of benzene rings is 2. The second kappa shape index (κ2) is 5.94. The highest BCUT2D eigenvalue weighted by atomic mass is 19.2. The Morgan fingerprint density at radius 2 is 1.88 bits per heavy atom. The second-order valence-corrected chi connectivity index (χ2v) is 5.84. The lowest BCUT2D eigenvalue weighted by Crippen LogP contribution is -2.31. The van der Waals surface area contributed by atoms with Gasteiger partial charge in [0, 0.05) is 0 Å². The highest BCUT2D eigenvalue weighted by Crippen LogP contribution is 2.44. The van der Waals surface area contributed by atoms with E-state index in [0.29, 0.717) is 11.0 Å². The SMILES string of the molecule is COC(=O)C1Oc2c(c(=O)oc3ccccc23)C1c1ccc(F)c(F)c1. The van der Waals surface area contributed by atoms with Crippen LogP contribution < -0.4 is 10.4 Å². The number of fused-ring (bicyclic) bond motifs is 3. The molecule has 5 nitrogen and oxygen atoms in total. The van der Waals surface area contributed by atoms with Crippen LogP contribution in [0.15, 0.2) is 51.7 Å². The van der Waals surface area contributed by atoms with E-state index < -0.39 is 35.3 Å². The standard InChI is InChI=1S/C19H12F2O5/c1-24-19(23)17-14(9-6-7-11(20)12(21)8-9)15-16(26-17)10-4-2-3-5-13(10)25-18(15)22/h2-8,14,17H,1H3. The lowest BCUT2D eigenvalue weighted by Gasteiger charge is -2.16. The van der Waals surface area contributed by atoms with Gasteiger partial charge in [-0.15, -0.1) is 0 Å². The van der Waals surface area contributed by atoms with Gasteiger partial charge < -0.3 is 13.9 Å². The van der Waals surface area contributed by atoms with E-state index in [4.69, 9.17) is 13.9 Å². The Hall–Kier alpha value is -3.22. The van der Waals surface area contributed by atoms with E-state index in [1.165, 1.54) is 13.2 Å². The Kier molecular flexibility index (Phi) is 3.72. The average Bonchev–Trinajstić information content (AvgIpc) is 3.05. The maximum Gasteiger partial charge on any atom is 0.348 e. The number of esters is 1. The molecule has 132 valence electrons. The summed E-state index contributed by atoms with van der Waals surface area (Å²) in [5.41, 5.74) is -0.128. The molecule has 0 spiro atoms. The molecule has 0 saturated carbocycles. The Bertz CT molecular complexity index is 1090. The third kappa shape index (κ3) is 2.35. The fourth-order valence-electron chi connectivity index (χ4n) is 3.23. The van der Waals surface area contributed by atoms with Crippen molar-refractivity contribution in [2.24, 2.45) is 0 Å². The van der Waals surface area contributed by atoms with Gasteiger partial charge in [-0.1, -0.05) is 18.2 Å². The van der Waals surface area contributed by atoms with Gasteiger partial charge in [0.2, 0.25) is 6.10 Å². The van der Waals surface area contributed by atoms with E-state index in [1.807, 2.05) is 0 Å². The molecular weight excluding hydrogens is 346 g/mol. The van der Waals surface area contributed by atoms with Crippen LogP contribution in [0.5, 0.6) is 5.75 Å². The highest BCUT2D eigenvalue weighted by Gasteiger charge is 2.45. The summed E-state index contributed by atoms with van der Waals surface area (Å²) in [7, 11) is 1.18.